The molecular formula is C35H35F2N5O6. The summed E-state index contributed by atoms with van der Waals surface area (Å²) in [4.78, 5) is 42.2. The number of carbonyl (C=O) groups is 2. The lowest BCUT2D eigenvalue weighted by Gasteiger charge is -2.41. The summed E-state index contributed by atoms with van der Waals surface area (Å²) in [6.45, 7) is 4.28. The highest BCUT2D eigenvalue weighted by molar-refractivity contribution is 6.03. The minimum absolute atomic E-state index is 0.0869. The van der Waals surface area contributed by atoms with Gasteiger partial charge in [0.1, 0.15) is 28.6 Å². The summed E-state index contributed by atoms with van der Waals surface area (Å²) in [5.74, 6) is 0.602. The van der Waals surface area contributed by atoms with Crippen LogP contribution in [-0.4, -0.2) is 75.6 Å². The van der Waals surface area contributed by atoms with Crippen molar-refractivity contribution in [2.75, 3.05) is 25.1 Å². The van der Waals surface area contributed by atoms with E-state index in [-0.39, 0.29) is 58.0 Å². The molecule has 250 valence electrons. The van der Waals surface area contributed by atoms with Crippen molar-refractivity contribution in [1.82, 2.24) is 19.9 Å². The van der Waals surface area contributed by atoms with E-state index in [2.05, 4.69) is 20.9 Å². The predicted molar refractivity (Wildman–Crippen MR) is 173 cm³/mol. The number of piperazine rings is 1. The standard InChI is InChI=1S/C35H35F2N5O6/c1-5-7-8-9-28(44)47-19(3)48-35(45)42-21-11-12-22(42)18-41(17-21)33-26-16-38-31(30(37)32(26)39-34(40-33)46-4)25-15-23(43)14-20-10-13-27(36)24(6-2)29(20)25/h2,10,13-16,19,21-22,43H,5,7-9,11-12,17-18H2,1,3-4H3. The third-order valence-corrected chi connectivity index (χ3v) is 8.82. The summed E-state index contributed by atoms with van der Waals surface area (Å²) in [7, 11) is 1.37. The van der Waals surface area contributed by atoms with Crippen LogP contribution in [-0.2, 0) is 14.3 Å². The minimum atomic E-state index is -1.03. The van der Waals surface area contributed by atoms with Gasteiger partial charge in [-0.05, 0) is 42.8 Å². The van der Waals surface area contributed by atoms with E-state index in [9.17, 15) is 19.1 Å². The van der Waals surface area contributed by atoms with E-state index in [0.29, 0.717) is 48.9 Å². The van der Waals surface area contributed by atoms with Gasteiger partial charge in [-0.1, -0.05) is 31.8 Å². The Balaban J connectivity index is 1.29. The van der Waals surface area contributed by atoms with Crippen LogP contribution < -0.4 is 9.64 Å². The summed E-state index contributed by atoms with van der Waals surface area (Å²) in [5, 5.41) is 11.4. The highest BCUT2D eigenvalue weighted by Gasteiger charge is 2.45. The van der Waals surface area contributed by atoms with E-state index < -0.39 is 30.0 Å². The number of ether oxygens (including phenoxy) is 3. The molecular weight excluding hydrogens is 624 g/mol. The zero-order valence-electron chi connectivity index (χ0n) is 26.8. The molecule has 4 heterocycles. The first-order chi connectivity index (χ1) is 23.1. The zero-order valence-corrected chi connectivity index (χ0v) is 26.8. The minimum Gasteiger partial charge on any atom is -0.508 e. The van der Waals surface area contributed by atoms with Gasteiger partial charge < -0.3 is 24.2 Å². The smallest absolute Gasteiger partial charge is 0.413 e. The molecule has 2 aromatic heterocycles. The molecule has 11 nitrogen and oxygen atoms in total. The number of rotatable bonds is 9. The molecule has 3 atom stereocenters. The number of phenols is 1. The topological polar surface area (TPSA) is 127 Å². The SMILES string of the molecule is C#Cc1c(F)ccc2cc(O)cc(-c3ncc4c(N5CC6CCC(C5)N6C(=O)OC(C)OC(=O)CCCCC)nc(OC)nc4c3F)c12. The molecule has 2 fully saturated rings. The van der Waals surface area contributed by atoms with Crippen LogP contribution in [0.1, 0.15) is 57.9 Å². The molecule has 13 heteroatoms. The number of unbranched alkanes of at least 4 members (excludes halogenated alkanes) is 2. The summed E-state index contributed by atoms with van der Waals surface area (Å²) < 4.78 is 47.3. The number of terminal acetylenes is 1. The van der Waals surface area contributed by atoms with Gasteiger partial charge in [0.15, 0.2) is 5.82 Å². The zero-order chi connectivity index (χ0) is 34.1. The van der Waals surface area contributed by atoms with Crippen LogP contribution >= 0.6 is 0 Å². The molecule has 4 aromatic rings. The van der Waals surface area contributed by atoms with E-state index in [1.165, 1.54) is 44.5 Å². The van der Waals surface area contributed by atoms with Gasteiger partial charge in [0.05, 0.1) is 30.1 Å². The Morgan fingerprint density at radius 2 is 1.88 bits per heavy atom. The van der Waals surface area contributed by atoms with Crippen LogP contribution in [0.5, 0.6) is 11.8 Å². The molecule has 6 rings (SSSR count). The number of phenolic OH excluding ortho intramolecular Hbond substituents is 1. The fourth-order valence-electron chi connectivity index (χ4n) is 6.66. The number of halogens is 2. The van der Waals surface area contributed by atoms with Crippen molar-refractivity contribution in [2.45, 2.75) is 70.7 Å². The molecule has 1 amide bonds. The number of carbonyl (C=O) groups excluding carboxylic acids is 2. The summed E-state index contributed by atoms with van der Waals surface area (Å²) in [6.07, 6.45) is 9.73. The third-order valence-electron chi connectivity index (χ3n) is 8.82. The van der Waals surface area contributed by atoms with Crippen LogP contribution in [0.3, 0.4) is 0 Å². The van der Waals surface area contributed by atoms with Gasteiger partial charge in [-0.3, -0.25) is 14.7 Å². The lowest BCUT2D eigenvalue weighted by atomic mass is 9.96. The number of benzene rings is 2. The Bertz CT molecular complexity index is 1940. The Hall–Kier alpha value is -5.25. The number of esters is 1. The fourth-order valence-corrected chi connectivity index (χ4v) is 6.66. The number of fused-ring (bicyclic) bond motifs is 4. The molecule has 0 radical (unpaired) electrons. The average molecular weight is 660 g/mol. The van der Waals surface area contributed by atoms with Crippen LogP contribution in [0.4, 0.5) is 19.4 Å². The van der Waals surface area contributed by atoms with Gasteiger partial charge in [-0.25, -0.2) is 13.6 Å². The number of hydrogen-bond donors (Lipinski definition) is 1. The van der Waals surface area contributed by atoms with Crippen molar-refractivity contribution in [3.05, 3.63) is 47.7 Å². The predicted octanol–water partition coefficient (Wildman–Crippen LogP) is 6.08. The van der Waals surface area contributed by atoms with E-state index in [1.807, 2.05) is 11.8 Å². The molecule has 2 aliphatic heterocycles. The van der Waals surface area contributed by atoms with E-state index in [1.54, 1.807) is 4.90 Å². The second kappa shape index (κ2) is 13.5. The van der Waals surface area contributed by atoms with Gasteiger partial charge in [0.25, 0.3) is 0 Å². The molecule has 3 unspecified atom stereocenters. The van der Waals surface area contributed by atoms with Crippen molar-refractivity contribution in [1.29, 1.82) is 0 Å². The maximum Gasteiger partial charge on any atom is 0.413 e. The molecule has 0 aliphatic carbocycles. The van der Waals surface area contributed by atoms with Crippen LogP contribution in [0, 0.1) is 24.0 Å². The molecule has 2 aromatic carbocycles. The van der Waals surface area contributed by atoms with Crippen LogP contribution in [0.25, 0.3) is 32.9 Å². The van der Waals surface area contributed by atoms with Gasteiger partial charge in [0.2, 0.25) is 6.29 Å². The normalized spacial score (nSPS) is 17.8. The van der Waals surface area contributed by atoms with Crippen molar-refractivity contribution >= 4 is 39.6 Å². The Kier molecular flexibility index (Phi) is 9.17. The second-order valence-electron chi connectivity index (χ2n) is 12.0. The first kappa shape index (κ1) is 32.7. The highest BCUT2D eigenvalue weighted by Crippen LogP contribution is 2.40. The number of anilines is 1. The average Bonchev–Trinajstić information content (AvgIpc) is 3.33. The molecule has 2 saturated heterocycles. The first-order valence-corrected chi connectivity index (χ1v) is 15.9. The van der Waals surface area contributed by atoms with Gasteiger partial charge in [-0.15, -0.1) is 6.42 Å². The maximum atomic E-state index is 16.5. The number of aromatic nitrogens is 3. The Labute approximate surface area is 275 Å². The number of pyridine rings is 1. The lowest BCUT2D eigenvalue weighted by Crippen LogP contribution is -2.56. The van der Waals surface area contributed by atoms with E-state index in [0.717, 1.165) is 12.8 Å². The van der Waals surface area contributed by atoms with Crippen molar-refractivity contribution in [2.24, 2.45) is 0 Å². The summed E-state index contributed by atoms with van der Waals surface area (Å²) >= 11 is 0. The maximum absolute atomic E-state index is 16.5. The van der Waals surface area contributed by atoms with Gasteiger partial charge >= 0.3 is 18.1 Å². The number of amides is 1. The number of methoxy groups -OCH3 is 1. The van der Waals surface area contributed by atoms with Crippen molar-refractivity contribution in [3.63, 3.8) is 0 Å². The van der Waals surface area contributed by atoms with E-state index in [4.69, 9.17) is 20.6 Å². The van der Waals surface area contributed by atoms with Crippen molar-refractivity contribution < 1.29 is 37.7 Å². The number of nitrogens with zero attached hydrogens (tertiary/aromatic N) is 5. The summed E-state index contributed by atoms with van der Waals surface area (Å²) in [5.41, 5.74) is -0.274. The van der Waals surface area contributed by atoms with E-state index >= 15 is 4.39 Å². The van der Waals surface area contributed by atoms with Gasteiger partial charge in [-0.2, -0.15) is 9.97 Å². The van der Waals surface area contributed by atoms with Gasteiger partial charge in [0, 0.05) is 43.6 Å². The highest BCUT2D eigenvalue weighted by atomic mass is 19.1. The molecule has 2 bridgehead atoms. The largest absolute Gasteiger partial charge is 0.508 e. The number of aromatic hydroxyl groups is 1. The monoisotopic (exact) mass is 659 g/mol. The molecule has 0 spiro atoms. The van der Waals surface area contributed by atoms with Crippen LogP contribution in [0.2, 0.25) is 0 Å². The lowest BCUT2D eigenvalue weighted by molar-refractivity contribution is -0.166. The fraction of sp³-hybridized carbons (Fsp3) is 0.400. The summed E-state index contributed by atoms with van der Waals surface area (Å²) in [6, 6.07) is 4.75. The molecule has 2 aliphatic rings. The van der Waals surface area contributed by atoms with Crippen molar-refractivity contribution in [3.8, 4) is 35.4 Å². The first-order valence-electron chi connectivity index (χ1n) is 15.9. The molecule has 0 saturated carbocycles. The second-order valence-corrected chi connectivity index (χ2v) is 12.0. The Morgan fingerprint density at radius 1 is 1.12 bits per heavy atom. The third kappa shape index (κ3) is 6.10. The number of hydrogen-bond acceptors (Lipinski definition) is 10. The van der Waals surface area contributed by atoms with Crippen LogP contribution in [0.15, 0.2) is 30.5 Å². The quantitative estimate of drug-likeness (QED) is 0.0978. The molecule has 48 heavy (non-hydrogen) atoms. The molecule has 1 N–H and O–H groups in total. The Morgan fingerprint density at radius 3 is 2.56 bits per heavy atom.